The molecule has 2 rings (SSSR count). The molecule has 1 aliphatic heterocycles. The van der Waals surface area contributed by atoms with Crippen molar-refractivity contribution in [2.24, 2.45) is 0 Å². The normalized spacial score (nSPS) is 20.2. The summed E-state index contributed by atoms with van der Waals surface area (Å²) in [6.45, 7) is 5.97. The molecule has 0 aromatic heterocycles. The van der Waals surface area contributed by atoms with Gasteiger partial charge in [0.2, 0.25) is 0 Å². The highest BCUT2D eigenvalue weighted by molar-refractivity contribution is 5.26. The van der Waals surface area contributed by atoms with Crippen LogP contribution in [0.2, 0.25) is 0 Å². The smallest absolute Gasteiger partial charge is 0.123 e. The van der Waals surface area contributed by atoms with Crippen LogP contribution in [0.15, 0.2) is 18.2 Å². The highest BCUT2D eigenvalue weighted by atomic mass is 19.1. The molecule has 0 saturated carbocycles. The van der Waals surface area contributed by atoms with Gasteiger partial charge in [-0.3, -0.25) is 0 Å². The van der Waals surface area contributed by atoms with Crippen LogP contribution in [0, 0.1) is 12.7 Å². The van der Waals surface area contributed by atoms with E-state index >= 15 is 0 Å². The van der Waals surface area contributed by atoms with Gasteiger partial charge in [-0.05, 0) is 68.8 Å². The van der Waals surface area contributed by atoms with Gasteiger partial charge in [-0.2, -0.15) is 0 Å². The lowest BCUT2D eigenvalue weighted by Crippen LogP contribution is -2.23. The molecule has 3 heteroatoms. The Hall–Kier alpha value is -0.930. The zero-order valence-electron chi connectivity index (χ0n) is 12.6. The second-order valence-corrected chi connectivity index (χ2v) is 5.78. The van der Waals surface area contributed by atoms with Crippen LogP contribution in [-0.2, 0) is 4.74 Å². The van der Waals surface area contributed by atoms with Gasteiger partial charge in [-0.15, -0.1) is 0 Å². The van der Waals surface area contributed by atoms with Crippen LogP contribution in [0.4, 0.5) is 4.39 Å². The number of benzene rings is 1. The molecule has 1 N–H and O–H groups in total. The van der Waals surface area contributed by atoms with Gasteiger partial charge in [0.25, 0.3) is 0 Å². The molecule has 1 saturated heterocycles. The number of hydrogen-bond acceptors (Lipinski definition) is 2. The van der Waals surface area contributed by atoms with E-state index in [-0.39, 0.29) is 11.9 Å². The van der Waals surface area contributed by atoms with Crippen LogP contribution < -0.4 is 5.32 Å². The van der Waals surface area contributed by atoms with Crippen LogP contribution in [0.1, 0.15) is 56.2 Å². The average Bonchev–Trinajstić information content (AvgIpc) is 2.91. The molecule has 0 radical (unpaired) electrons. The Labute approximate surface area is 121 Å². The van der Waals surface area contributed by atoms with Crippen LogP contribution >= 0.6 is 0 Å². The number of rotatable bonds is 7. The minimum Gasteiger partial charge on any atom is -0.378 e. The molecule has 1 heterocycles. The van der Waals surface area contributed by atoms with Crippen molar-refractivity contribution >= 4 is 0 Å². The van der Waals surface area contributed by atoms with E-state index in [0.717, 1.165) is 43.5 Å². The summed E-state index contributed by atoms with van der Waals surface area (Å²) >= 11 is 0. The van der Waals surface area contributed by atoms with E-state index in [1.54, 1.807) is 12.1 Å². The Bertz CT molecular complexity index is 395. The van der Waals surface area contributed by atoms with E-state index in [4.69, 9.17) is 4.74 Å². The van der Waals surface area contributed by atoms with Gasteiger partial charge in [-0.1, -0.05) is 13.0 Å². The first-order valence-electron chi connectivity index (χ1n) is 7.81. The topological polar surface area (TPSA) is 21.3 Å². The van der Waals surface area contributed by atoms with Crippen molar-refractivity contribution in [2.45, 2.75) is 58.1 Å². The van der Waals surface area contributed by atoms with Gasteiger partial charge >= 0.3 is 0 Å². The molecule has 2 unspecified atom stereocenters. The Balaban J connectivity index is 2.00. The second kappa shape index (κ2) is 7.75. The van der Waals surface area contributed by atoms with E-state index in [2.05, 4.69) is 18.3 Å². The molecular formula is C17H26FNO. The number of hydrogen-bond donors (Lipinski definition) is 1. The highest BCUT2D eigenvalue weighted by Crippen LogP contribution is 2.25. The fourth-order valence-electron chi connectivity index (χ4n) is 2.90. The summed E-state index contributed by atoms with van der Waals surface area (Å²) in [7, 11) is 0. The Morgan fingerprint density at radius 3 is 2.90 bits per heavy atom. The zero-order valence-corrected chi connectivity index (χ0v) is 12.6. The van der Waals surface area contributed by atoms with E-state index in [9.17, 15) is 4.39 Å². The highest BCUT2D eigenvalue weighted by Gasteiger charge is 2.19. The van der Waals surface area contributed by atoms with Gasteiger partial charge < -0.3 is 10.1 Å². The molecule has 0 amide bonds. The molecular weight excluding hydrogens is 253 g/mol. The molecule has 0 bridgehead atoms. The van der Waals surface area contributed by atoms with E-state index in [0.29, 0.717) is 6.10 Å². The van der Waals surface area contributed by atoms with E-state index in [1.807, 2.05) is 6.92 Å². The Kier molecular flexibility index (Phi) is 5.99. The third-order valence-corrected chi connectivity index (χ3v) is 3.91. The quantitative estimate of drug-likeness (QED) is 0.810. The van der Waals surface area contributed by atoms with Gasteiger partial charge in [0.1, 0.15) is 5.82 Å². The lowest BCUT2D eigenvalue weighted by Gasteiger charge is -2.21. The van der Waals surface area contributed by atoms with Crippen molar-refractivity contribution in [1.29, 1.82) is 0 Å². The maximum absolute atomic E-state index is 13.6. The van der Waals surface area contributed by atoms with Crippen LogP contribution in [0.5, 0.6) is 0 Å². The van der Waals surface area contributed by atoms with Gasteiger partial charge in [0.05, 0.1) is 6.10 Å². The van der Waals surface area contributed by atoms with Crippen molar-refractivity contribution in [3.05, 3.63) is 35.1 Å². The summed E-state index contributed by atoms with van der Waals surface area (Å²) in [5.74, 6) is -0.139. The van der Waals surface area contributed by atoms with Crippen molar-refractivity contribution in [3.8, 4) is 0 Å². The molecule has 1 aliphatic rings. The summed E-state index contributed by atoms with van der Waals surface area (Å²) in [6, 6.07) is 5.57. The predicted octanol–water partition coefficient (Wildman–Crippen LogP) is 4.13. The summed E-state index contributed by atoms with van der Waals surface area (Å²) in [5, 5.41) is 3.54. The van der Waals surface area contributed by atoms with Crippen LogP contribution in [-0.4, -0.2) is 19.3 Å². The second-order valence-electron chi connectivity index (χ2n) is 5.78. The molecule has 2 nitrogen and oxygen atoms in total. The van der Waals surface area contributed by atoms with Gasteiger partial charge in [0, 0.05) is 12.6 Å². The molecule has 1 aromatic carbocycles. The minimum absolute atomic E-state index is 0.139. The standard InChI is InChI=1S/C17H26FNO/c1-3-8-19-17(7-6-16-5-4-9-20-16)14-10-13(2)11-15(18)12-14/h10-12,16-17,19H,3-9H2,1-2H3. The first-order valence-corrected chi connectivity index (χ1v) is 7.81. The summed E-state index contributed by atoms with van der Waals surface area (Å²) < 4.78 is 19.3. The fraction of sp³-hybridized carbons (Fsp3) is 0.647. The average molecular weight is 279 g/mol. The third-order valence-electron chi connectivity index (χ3n) is 3.91. The molecule has 112 valence electrons. The maximum atomic E-state index is 13.6. The Morgan fingerprint density at radius 2 is 2.25 bits per heavy atom. The number of nitrogens with one attached hydrogen (secondary N) is 1. The summed E-state index contributed by atoms with van der Waals surface area (Å²) in [5.41, 5.74) is 2.05. The maximum Gasteiger partial charge on any atom is 0.123 e. The summed E-state index contributed by atoms with van der Waals surface area (Å²) in [4.78, 5) is 0. The first-order chi connectivity index (χ1) is 9.69. The minimum atomic E-state index is -0.139. The largest absolute Gasteiger partial charge is 0.378 e. The SMILES string of the molecule is CCCNC(CCC1CCCO1)c1cc(C)cc(F)c1. The Morgan fingerprint density at radius 1 is 1.40 bits per heavy atom. The molecule has 20 heavy (non-hydrogen) atoms. The predicted molar refractivity (Wildman–Crippen MR) is 80.4 cm³/mol. The van der Waals surface area contributed by atoms with Gasteiger partial charge in [-0.25, -0.2) is 4.39 Å². The molecule has 0 aliphatic carbocycles. The lowest BCUT2D eigenvalue weighted by atomic mass is 9.97. The number of halogens is 1. The summed E-state index contributed by atoms with van der Waals surface area (Å²) in [6.07, 6.45) is 5.89. The fourth-order valence-corrected chi connectivity index (χ4v) is 2.90. The van der Waals surface area contributed by atoms with Crippen molar-refractivity contribution in [2.75, 3.05) is 13.2 Å². The van der Waals surface area contributed by atoms with Gasteiger partial charge in [0.15, 0.2) is 0 Å². The van der Waals surface area contributed by atoms with Crippen LogP contribution in [0.25, 0.3) is 0 Å². The lowest BCUT2D eigenvalue weighted by molar-refractivity contribution is 0.0996. The van der Waals surface area contributed by atoms with E-state index < -0.39 is 0 Å². The van der Waals surface area contributed by atoms with Crippen molar-refractivity contribution < 1.29 is 9.13 Å². The monoisotopic (exact) mass is 279 g/mol. The molecule has 1 aromatic rings. The first kappa shape index (κ1) is 15.5. The number of ether oxygens (including phenoxy) is 1. The van der Waals surface area contributed by atoms with Crippen molar-refractivity contribution in [3.63, 3.8) is 0 Å². The molecule has 2 atom stereocenters. The van der Waals surface area contributed by atoms with Crippen molar-refractivity contribution in [1.82, 2.24) is 5.32 Å². The number of aryl methyl sites for hydroxylation is 1. The van der Waals surface area contributed by atoms with Crippen LogP contribution in [0.3, 0.4) is 0 Å². The van der Waals surface area contributed by atoms with E-state index in [1.165, 1.54) is 12.8 Å². The molecule has 1 fully saturated rings. The molecule has 0 spiro atoms. The third kappa shape index (κ3) is 4.57. The zero-order chi connectivity index (χ0) is 14.4.